The maximum atomic E-state index is 13.8. The van der Waals surface area contributed by atoms with E-state index in [0.717, 1.165) is 25.6 Å². The van der Waals surface area contributed by atoms with Crippen molar-refractivity contribution < 1.29 is 8.78 Å². The minimum absolute atomic E-state index is 0.0257. The first-order chi connectivity index (χ1) is 8.03. The van der Waals surface area contributed by atoms with Crippen LogP contribution in [-0.4, -0.2) is 24.0 Å². The molecule has 1 aliphatic heterocycles. The highest BCUT2D eigenvalue weighted by Gasteiger charge is 2.61. The number of piperidine rings is 1. The van der Waals surface area contributed by atoms with Gasteiger partial charge in [0.25, 0.3) is 0 Å². The summed E-state index contributed by atoms with van der Waals surface area (Å²) in [5.74, 6) is -0.304. The summed E-state index contributed by atoms with van der Waals surface area (Å²) < 4.78 is 26.8. The monoisotopic (exact) mass is 237 g/mol. The van der Waals surface area contributed by atoms with Crippen LogP contribution in [0.4, 0.5) is 8.78 Å². The molecule has 3 rings (SSSR count). The molecule has 92 valence electrons. The fourth-order valence-electron chi connectivity index (χ4n) is 3.23. The highest BCUT2D eigenvalue weighted by molar-refractivity contribution is 5.38. The second-order valence-corrected chi connectivity index (χ2v) is 5.70. The van der Waals surface area contributed by atoms with Crippen LogP contribution in [0.15, 0.2) is 18.2 Å². The Balaban J connectivity index is 1.91. The quantitative estimate of drug-likeness (QED) is 0.764. The molecule has 2 atom stereocenters. The maximum Gasteiger partial charge on any atom is 0.129 e. The fourth-order valence-corrected chi connectivity index (χ4v) is 3.23. The van der Waals surface area contributed by atoms with Gasteiger partial charge in [-0.1, -0.05) is 6.07 Å². The third-order valence-corrected chi connectivity index (χ3v) is 4.37. The molecule has 0 spiro atoms. The lowest BCUT2D eigenvalue weighted by molar-refractivity contribution is 0.242. The third kappa shape index (κ3) is 1.60. The normalized spacial score (nSPS) is 31.9. The highest BCUT2D eigenvalue weighted by atomic mass is 19.1. The summed E-state index contributed by atoms with van der Waals surface area (Å²) in [4.78, 5) is 2.39. The van der Waals surface area contributed by atoms with Gasteiger partial charge in [0.1, 0.15) is 11.6 Å². The number of rotatable bonds is 2. The van der Waals surface area contributed by atoms with E-state index in [1.165, 1.54) is 6.07 Å². The number of hydrogen-bond acceptors (Lipinski definition) is 1. The molecular weight excluding hydrogens is 220 g/mol. The lowest BCUT2D eigenvalue weighted by atomic mass is 9.94. The molecule has 0 N–H and O–H groups in total. The zero-order chi connectivity index (χ0) is 12.2. The van der Waals surface area contributed by atoms with Crippen molar-refractivity contribution in [1.82, 2.24) is 4.90 Å². The Morgan fingerprint density at radius 1 is 1.35 bits per heavy atom. The molecule has 1 aromatic carbocycles. The zero-order valence-electron chi connectivity index (χ0n) is 10.2. The Bertz CT molecular complexity index is 458. The zero-order valence-corrected chi connectivity index (χ0v) is 10.2. The molecule has 0 amide bonds. The predicted octanol–water partition coefficient (Wildman–Crippen LogP) is 2.95. The van der Waals surface area contributed by atoms with E-state index in [-0.39, 0.29) is 11.2 Å². The average molecular weight is 237 g/mol. The first kappa shape index (κ1) is 11.1. The van der Waals surface area contributed by atoms with Gasteiger partial charge >= 0.3 is 0 Å². The number of nitrogens with zero attached hydrogens (tertiary/aromatic N) is 1. The van der Waals surface area contributed by atoms with Crippen molar-refractivity contribution >= 4 is 0 Å². The number of fused-ring (bicyclic) bond motifs is 1. The lowest BCUT2D eigenvalue weighted by Crippen LogP contribution is -2.32. The van der Waals surface area contributed by atoms with Crippen molar-refractivity contribution in [3.63, 3.8) is 0 Å². The summed E-state index contributed by atoms with van der Waals surface area (Å²) in [5, 5.41) is 0. The summed E-state index contributed by atoms with van der Waals surface area (Å²) in [7, 11) is 0. The van der Waals surface area contributed by atoms with Gasteiger partial charge in [0, 0.05) is 30.6 Å². The highest BCUT2D eigenvalue weighted by Crippen LogP contribution is 2.59. The van der Waals surface area contributed by atoms with Crippen LogP contribution < -0.4 is 0 Å². The second-order valence-electron chi connectivity index (χ2n) is 5.70. The molecule has 0 bridgehead atoms. The SMILES string of the molecule is CC(C)N1CC2CC2(c2ccc(F)cc2F)C1. The first-order valence-electron chi connectivity index (χ1n) is 6.22. The minimum Gasteiger partial charge on any atom is -0.300 e. The summed E-state index contributed by atoms with van der Waals surface area (Å²) in [5.41, 5.74) is 0.689. The molecule has 1 saturated carbocycles. The minimum atomic E-state index is -0.487. The molecule has 2 fully saturated rings. The van der Waals surface area contributed by atoms with Crippen LogP contribution in [0.1, 0.15) is 25.8 Å². The van der Waals surface area contributed by atoms with E-state index < -0.39 is 5.82 Å². The fraction of sp³-hybridized carbons (Fsp3) is 0.571. The van der Waals surface area contributed by atoms with Crippen molar-refractivity contribution in [1.29, 1.82) is 0 Å². The van der Waals surface area contributed by atoms with E-state index in [1.807, 2.05) is 0 Å². The van der Waals surface area contributed by atoms with Crippen molar-refractivity contribution in [2.75, 3.05) is 13.1 Å². The molecule has 1 aromatic rings. The molecule has 1 aliphatic carbocycles. The van der Waals surface area contributed by atoms with Crippen LogP contribution in [0.2, 0.25) is 0 Å². The third-order valence-electron chi connectivity index (χ3n) is 4.37. The number of halogens is 2. The number of likely N-dealkylation sites (tertiary alicyclic amines) is 1. The Morgan fingerprint density at radius 3 is 2.71 bits per heavy atom. The Labute approximate surface area is 100 Å². The van der Waals surface area contributed by atoms with E-state index in [2.05, 4.69) is 18.7 Å². The molecule has 2 unspecified atom stereocenters. The van der Waals surface area contributed by atoms with Gasteiger partial charge < -0.3 is 0 Å². The number of benzene rings is 1. The molecule has 3 heteroatoms. The van der Waals surface area contributed by atoms with Crippen molar-refractivity contribution in [3.8, 4) is 0 Å². The van der Waals surface area contributed by atoms with E-state index in [1.54, 1.807) is 6.07 Å². The van der Waals surface area contributed by atoms with Crippen LogP contribution in [0.25, 0.3) is 0 Å². The van der Waals surface area contributed by atoms with Gasteiger partial charge in [-0.05, 0) is 37.8 Å². The summed E-state index contributed by atoms with van der Waals surface area (Å²) >= 11 is 0. The average Bonchev–Trinajstić information content (AvgIpc) is 2.80. The van der Waals surface area contributed by atoms with Crippen LogP contribution in [0.3, 0.4) is 0 Å². The van der Waals surface area contributed by atoms with Crippen LogP contribution >= 0.6 is 0 Å². The van der Waals surface area contributed by atoms with E-state index in [9.17, 15) is 8.78 Å². The van der Waals surface area contributed by atoms with Crippen LogP contribution in [0, 0.1) is 17.6 Å². The molecule has 0 aromatic heterocycles. The first-order valence-corrected chi connectivity index (χ1v) is 6.22. The van der Waals surface area contributed by atoms with Crippen molar-refractivity contribution in [2.45, 2.75) is 31.7 Å². The van der Waals surface area contributed by atoms with E-state index >= 15 is 0 Å². The van der Waals surface area contributed by atoms with Crippen molar-refractivity contribution in [3.05, 3.63) is 35.4 Å². The molecule has 0 radical (unpaired) electrons. The van der Waals surface area contributed by atoms with Gasteiger partial charge in [-0.3, -0.25) is 4.90 Å². The summed E-state index contributed by atoms with van der Waals surface area (Å²) in [6.45, 7) is 6.30. The number of hydrogen-bond donors (Lipinski definition) is 0. The Hall–Kier alpha value is -0.960. The Morgan fingerprint density at radius 2 is 2.12 bits per heavy atom. The van der Waals surface area contributed by atoms with Gasteiger partial charge in [0.15, 0.2) is 0 Å². The van der Waals surface area contributed by atoms with Gasteiger partial charge in [-0.15, -0.1) is 0 Å². The molecule has 1 saturated heterocycles. The Kier molecular flexibility index (Phi) is 2.31. The van der Waals surface area contributed by atoms with Crippen LogP contribution in [0.5, 0.6) is 0 Å². The second kappa shape index (κ2) is 3.52. The molecule has 1 heterocycles. The molecular formula is C14H17F2N. The van der Waals surface area contributed by atoms with Crippen LogP contribution in [-0.2, 0) is 5.41 Å². The van der Waals surface area contributed by atoms with Crippen molar-refractivity contribution in [2.24, 2.45) is 5.92 Å². The topological polar surface area (TPSA) is 3.24 Å². The lowest BCUT2D eigenvalue weighted by Gasteiger charge is -2.24. The smallest absolute Gasteiger partial charge is 0.129 e. The van der Waals surface area contributed by atoms with Gasteiger partial charge in [-0.2, -0.15) is 0 Å². The maximum absolute atomic E-state index is 13.8. The van der Waals surface area contributed by atoms with Gasteiger partial charge in [-0.25, -0.2) is 8.78 Å². The van der Waals surface area contributed by atoms with E-state index in [0.29, 0.717) is 17.5 Å². The standard InChI is InChI=1S/C14H17F2N/c1-9(2)17-7-10-6-14(10,8-17)12-4-3-11(15)5-13(12)16/h3-5,9-10H,6-8H2,1-2H3. The van der Waals surface area contributed by atoms with E-state index in [4.69, 9.17) is 0 Å². The summed E-state index contributed by atoms with van der Waals surface area (Å²) in [6, 6.07) is 4.52. The summed E-state index contributed by atoms with van der Waals surface area (Å²) in [6.07, 6.45) is 1.05. The predicted molar refractivity (Wildman–Crippen MR) is 62.9 cm³/mol. The molecule has 17 heavy (non-hydrogen) atoms. The van der Waals surface area contributed by atoms with Gasteiger partial charge in [0.2, 0.25) is 0 Å². The largest absolute Gasteiger partial charge is 0.300 e. The molecule has 1 nitrogen and oxygen atoms in total. The molecule has 2 aliphatic rings. The van der Waals surface area contributed by atoms with Gasteiger partial charge in [0.05, 0.1) is 0 Å².